The number of nitrogens with one attached hydrogen (secondary N) is 5. The average Bonchev–Trinajstić information content (AvgIpc) is 1.63. The minimum atomic E-state index is -3.54. The fourth-order valence-corrected chi connectivity index (χ4v) is 19.3. The predicted molar refractivity (Wildman–Crippen MR) is 565 cm³/mol. The van der Waals surface area contributed by atoms with Crippen LogP contribution in [0.4, 0.5) is 37.5 Å². The van der Waals surface area contributed by atoms with Crippen molar-refractivity contribution in [2.75, 3.05) is 94.5 Å². The van der Waals surface area contributed by atoms with Crippen LogP contribution in [-0.4, -0.2) is 267 Å². The van der Waals surface area contributed by atoms with E-state index in [-0.39, 0.29) is 47.3 Å². The number of nitrogens with two attached hydrogens (primary N) is 1. The van der Waals surface area contributed by atoms with Gasteiger partial charge in [0.25, 0.3) is 10.1 Å². The van der Waals surface area contributed by atoms with Gasteiger partial charge in [0.2, 0.25) is 0 Å². The molecule has 0 saturated heterocycles. The van der Waals surface area contributed by atoms with Crippen LogP contribution in [0, 0.1) is 27.7 Å². The number of nitrogens with zero attached hydrogens (tertiary/aromatic N) is 24. The molecular weight excluding hydrogens is 2000 g/mol. The third kappa shape index (κ3) is 32.6. The summed E-state index contributed by atoms with van der Waals surface area (Å²) < 4.78 is 107. The van der Waals surface area contributed by atoms with Gasteiger partial charge < -0.3 is 60.9 Å². The molecule has 16 aromatic rings. The number of esters is 2. The quantitative estimate of drug-likeness (QED) is 0.00767. The third-order valence-electron chi connectivity index (χ3n) is 21.1. The highest BCUT2D eigenvalue weighted by atomic mass is 32.2. The predicted octanol–water partition coefficient (Wildman–Crippen LogP) is 14.8. The maximum absolute atomic E-state index is 12.0. The molecule has 0 aliphatic carbocycles. The van der Waals surface area contributed by atoms with Crippen molar-refractivity contribution in [3.8, 4) is 45.0 Å². The van der Waals surface area contributed by atoms with Crippen molar-refractivity contribution in [2.24, 2.45) is 0 Å². The normalized spacial score (nSPS) is 12.1. The molecule has 0 bridgehead atoms. The van der Waals surface area contributed by atoms with Crippen molar-refractivity contribution in [1.29, 1.82) is 0 Å². The Kier molecular flexibility index (Phi) is 38.4. The van der Waals surface area contributed by atoms with E-state index in [0.717, 1.165) is 165 Å². The first kappa shape index (κ1) is 112. The summed E-state index contributed by atoms with van der Waals surface area (Å²) in [6.45, 7) is 46.6. The van der Waals surface area contributed by atoms with Crippen LogP contribution in [0.2, 0.25) is 77.1 Å². The van der Waals surface area contributed by atoms with E-state index in [4.69, 9.17) is 34.0 Å². The van der Waals surface area contributed by atoms with E-state index >= 15 is 0 Å². The van der Waals surface area contributed by atoms with Gasteiger partial charge >= 0.3 is 11.9 Å². The minimum absolute atomic E-state index is 0.0178. The molecule has 0 unspecified atom stereocenters. The number of carbonyl (C=O) groups is 2. The summed E-state index contributed by atoms with van der Waals surface area (Å²) in [4.78, 5) is 60.5. The van der Waals surface area contributed by atoms with Crippen molar-refractivity contribution >= 4 is 162 Å². The van der Waals surface area contributed by atoms with E-state index in [2.05, 4.69) is 180 Å². The number of H-pyrrole nitrogens is 1. The smallest absolute Gasteiger partial charge is 0.357 e. The second-order valence-electron chi connectivity index (χ2n) is 38.3. The number of aromatic nitrogens is 24. The Hall–Kier alpha value is -11.8. The molecule has 53 heteroatoms. The van der Waals surface area contributed by atoms with Gasteiger partial charge in [0.05, 0.1) is 140 Å². The molecule has 0 aliphatic heterocycles. The van der Waals surface area contributed by atoms with Crippen molar-refractivity contribution in [3.63, 3.8) is 0 Å². The highest BCUT2D eigenvalue weighted by Gasteiger charge is 2.28. The molecule has 770 valence electrons. The number of carbonyl (C=O) groups excluding carboxylic acids is 2. The number of aliphatic hydroxyl groups is 2. The summed E-state index contributed by atoms with van der Waals surface area (Å²) in [5, 5.41) is 54.1. The number of likely N-dealkylation sites (N-methyl/N-ethyl adjacent to an activating group) is 2. The number of nitrogen functional groups attached to an aromatic ring is 1. The number of hydrogen-bond donors (Lipinski definition) is 8. The molecule has 0 aromatic carbocycles. The number of ether oxygens (including phenoxy) is 5. The number of fused-ring (bicyclic) bond motifs is 4. The number of aliphatic hydroxyl groups excluding tert-OH is 2. The molecule has 44 nitrogen and oxygen atoms in total. The number of anilines is 7. The third-order valence-corrected chi connectivity index (χ3v) is 30.6. The van der Waals surface area contributed by atoms with Crippen molar-refractivity contribution in [3.05, 3.63) is 169 Å². The summed E-state index contributed by atoms with van der Waals surface area (Å²) in [7, 11) is -7.73. The zero-order chi connectivity index (χ0) is 104. The number of sulfone groups is 1. The zero-order valence-corrected chi connectivity index (χ0v) is 92.6. The Labute approximate surface area is 849 Å². The van der Waals surface area contributed by atoms with Crippen LogP contribution in [-0.2, 0) is 81.2 Å². The maximum Gasteiger partial charge on any atom is 0.357 e. The highest BCUT2D eigenvalue weighted by Crippen LogP contribution is 2.34. The summed E-state index contributed by atoms with van der Waals surface area (Å²) in [6, 6.07) is 10.2. The topological polar surface area (TPSA) is 530 Å². The average molecular weight is 2130 g/mol. The first-order chi connectivity index (χ1) is 67.5. The van der Waals surface area contributed by atoms with Crippen LogP contribution >= 0.6 is 46.1 Å². The molecule has 0 aliphatic rings. The first-order valence-corrected chi connectivity index (χ1v) is 63.5. The lowest BCUT2D eigenvalue weighted by Crippen LogP contribution is -2.46. The number of rotatable bonds is 39. The lowest BCUT2D eigenvalue weighted by atomic mass is 10.0. The standard InChI is InChI=1S/C21H29N7O4S2Si.C21H27N7O3SSi.C20H26N8OS.C17H25N5O3SSi.C6H15NO.C5H6N2O2S/c1-15-11-28-18(16-9-23-27(12-16)14-31-6-7-35(3,4)5)10-22-21(28)20(24-15)25-19-8-17(26-33-19)13-32-34(2,29)30;1-14-11-28-17(15-9-23-27(12-15)13-31-6-7-33(3,4)5)10-22-20(28)19(24-14)25-18-8-16(26-32-18)21(29)30-2;1-5-27(20(3,4)12-29)11-15-6-17(30-26-15)25-18-19-21-9-16(14-7-22-23-8-14)28(19)10-13(2)24-18;1-13-10-22-15(9-18-16(22)17(20-13)26(2,23)24)14-8-19-21(11-14)12-25-6-7-27(3,4)5;1-4-7-6(2,3)5-8;1-9-5(8)3-2-4(6)10-7-3/h8-12H,6-7,13-14H2,1-5H3,(H,24,25);8-12H,6-7,13H2,1-5H3,(H,24,25);6-10,29H,5,11-12H2,1-4H3,(H,22,23)(H,24,25);8-11H,6-7,12H2,1-5H3;7-8H,4-5H2,1-3H3;2H,6H2,1H3. The molecule has 0 radical (unpaired) electrons. The van der Waals surface area contributed by atoms with Crippen LogP contribution < -0.4 is 27.0 Å². The molecule has 0 amide bonds. The van der Waals surface area contributed by atoms with E-state index < -0.39 is 56.1 Å². The van der Waals surface area contributed by atoms with E-state index in [1.54, 1.807) is 87.1 Å². The van der Waals surface area contributed by atoms with Gasteiger partial charge in [-0.25, -0.2) is 71.9 Å². The Morgan fingerprint density at radius 2 is 0.881 bits per heavy atom. The molecule has 0 atom stereocenters. The van der Waals surface area contributed by atoms with Crippen LogP contribution in [0.1, 0.15) is 96.7 Å². The number of imidazole rings is 4. The SMILES string of the molecule is CCN(Cc1cc(Nc2nc(C)cn3c(-c4cn[nH]c4)cnc23)sn1)C(C)(C)CO.CCNC(C)(C)CO.COC(=O)c1cc(N)sn1.COC(=O)c1cc(Nc2nc(C)cn3c(-c4cnn(COCC[Si](C)(C)C)c4)cnc23)sn1.Cc1cn2c(-c3cnn(COCC[Si](C)(C)C)c3)cnc2c(Nc2cc(COS(C)(=O)=O)ns2)n1.Cc1cn2c(-c3cnn(COCC[Si](C)(C)C)c3)cnc2c(S(C)(=O)=O)n1. The molecule has 16 rings (SSSR count). The molecule has 0 fully saturated rings. The van der Waals surface area contributed by atoms with Gasteiger partial charge in [-0.15, -0.1) is 0 Å². The summed E-state index contributed by atoms with van der Waals surface area (Å²) in [5.41, 5.74) is 19.5. The van der Waals surface area contributed by atoms with Gasteiger partial charge in [-0.3, -0.25) is 31.8 Å². The van der Waals surface area contributed by atoms with E-state index in [9.17, 15) is 31.5 Å². The Bertz CT molecular complexity index is 7140. The van der Waals surface area contributed by atoms with E-state index in [1.807, 2.05) is 124 Å². The Balaban J connectivity index is 0.000000172. The number of aryl methyl sites for hydroxylation is 4. The zero-order valence-electron chi connectivity index (χ0n) is 84.7. The number of methoxy groups -OCH3 is 2. The molecule has 0 saturated carbocycles. The fraction of sp³-hybridized carbons (Fsp3) is 0.444. The molecule has 0 spiro atoms. The van der Waals surface area contributed by atoms with Crippen LogP contribution in [0.25, 0.3) is 67.6 Å². The molecule has 9 N–H and O–H groups in total. The van der Waals surface area contributed by atoms with E-state index in [1.165, 1.54) is 43.4 Å². The fourth-order valence-electron chi connectivity index (χ4n) is 13.5. The van der Waals surface area contributed by atoms with Gasteiger partial charge in [-0.05, 0) is 145 Å². The van der Waals surface area contributed by atoms with Crippen molar-refractivity contribution < 1.29 is 64.5 Å². The molecule has 16 heterocycles. The second kappa shape index (κ2) is 49.2. The van der Waals surface area contributed by atoms with Gasteiger partial charge in [0, 0.05) is 152 Å². The first-order valence-electron chi connectivity index (χ1n) is 45.6. The van der Waals surface area contributed by atoms with Crippen molar-refractivity contribution in [2.45, 2.75) is 196 Å². The highest BCUT2D eigenvalue weighted by molar-refractivity contribution is 7.90. The largest absolute Gasteiger partial charge is 0.464 e. The van der Waals surface area contributed by atoms with Gasteiger partial charge in [-0.2, -0.15) is 46.3 Å². The van der Waals surface area contributed by atoms with Crippen LogP contribution in [0.5, 0.6) is 0 Å². The summed E-state index contributed by atoms with van der Waals surface area (Å²) in [5.74, 6) is 0.892. The van der Waals surface area contributed by atoms with Gasteiger partial charge in [0.15, 0.2) is 66.3 Å². The number of hydrogen-bond acceptors (Lipinski definition) is 40. The van der Waals surface area contributed by atoms with Crippen molar-refractivity contribution in [1.82, 2.24) is 125 Å². The number of aromatic amines is 1. The monoisotopic (exact) mass is 2130 g/mol. The Morgan fingerprint density at radius 3 is 1.24 bits per heavy atom. The van der Waals surface area contributed by atoms with Gasteiger partial charge in [0.1, 0.15) is 46.8 Å². The Morgan fingerprint density at radius 1 is 0.497 bits per heavy atom. The lowest BCUT2D eigenvalue weighted by molar-refractivity contribution is 0.0544. The van der Waals surface area contributed by atoms with Gasteiger partial charge in [-0.1, -0.05) is 72.8 Å². The molecular formula is C90H128N30O14S6Si3. The molecule has 143 heavy (non-hydrogen) atoms. The summed E-state index contributed by atoms with van der Waals surface area (Å²) in [6.07, 6.45) is 31.5. The van der Waals surface area contributed by atoms with E-state index in [0.29, 0.717) is 87.5 Å². The minimum Gasteiger partial charge on any atom is -0.464 e. The summed E-state index contributed by atoms with van der Waals surface area (Å²) >= 11 is 4.81. The lowest BCUT2D eigenvalue weighted by Gasteiger charge is -2.35. The van der Waals surface area contributed by atoms with Crippen LogP contribution in [0.15, 0.2) is 128 Å². The van der Waals surface area contributed by atoms with Crippen LogP contribution in [0.3, 0.4) is 0 Å². The molecule has 16 aromatic heterocycles. The second-order valence-corrected chi connectivity index (χ2v) is 62.0. The maximum atomic E-state index is 12.0.